The van der Waals surface area contributed by atoms with Crippen molar-refractivity contribution < 1.29 is 4.79 Å². The maximum Gasteiger partial charge on any atom is 0.220 e. The van der Waals surface area contributed by atoms with E-state index < -0.39 is 0 Å². The van der Waals surface area contributed by atoms with E-state index in [1.165, 1.54) is 11.1 Å². The first kappa shape index (κ1) is 15.1. The second-order valence-electron chi connectivity index (χ2n) is 5.84. The van der Waals surface area contributed by atoms with Crippen LogP contribution < -0.4 is 5.32 Å². The van der Waals surface area contributed by atoms with Crippen LogP contribution in [0.5, 0.6) is 0 Å². The highest BCUT2D eigenvalue weighted by Gasteiger charge is 2.21. The molecule has 1 aliphatic rings. The van der Waals surface area contributed by atoms with Crippen molar-refractivity contribution in [1.82, 2.24) is 5.32 Å². The first-order chi connectivity index (χ1) is 10.7. The van der Waals surface area contributed by atoms with E-state index in [9.17, 15) is 4.79 Å². The highest BCUT2D eigenvalue weighted by atomic mass is 35.5. The van der Waals surface area contributed by atoms with Crippen molar-refractivity contribution >= 4 is 17.5 Å². The Kier molecular flexibility index (Phi) is 4.79. The molecule has 1 atom stereocenters. The van der Waals surface area contributed by atoms with Crippen LogP contribution in [0.4, 0.5) is 0 Å². The third-order valence-electron chi connectivity index (χ3n) is 4.23. The molecule has 1 amide bonds. The molecule has 3 heteroatoms. The second-order valence-corrected chi connectivity index (χ2v) is 6.28. The SMILES string of the molecule is O=C(CCc1cccc(Cl)c1)NC1CCCc2ccccc21. The van der Waals surface area contributed by atoms with Crippen LogP contribution in [0.2, 0.25) is 5.02 Å². The molecule has 2 nitrogen and oxygen atoms in total. The molecule has 0 saturated carbocycles. The molecular weight excluding hydrogens is 294 g/mol. The molecule has 2 aromatic rings. The number of hydrogen-bond acceptors (Lipinski definition) is 1. The van der Waals surface area contributed by atoms with Gasteiger partial charge >= 0.3 is 0 Å². The van der Waals surface area contributed by atoms with Crippen molar-refractivity contribution in [3.8, 4) is 0 Å². The van der Waals surface area contributed by atoms with Gasteiger partial charge in [0.1, 0.15) is 0 Å². The molecule has 0 heterocycles. The normalized spacial score (nSPS) is 16.9. The lowest BCUT2D eigenvalue weighted by atomic mass is 9.87. The number of hydrogen-bond donors (Lipinski definition) is 1. The van der Waals surface area contributed by atoms with Crippen molar-refractivity contribution in [2.75, 3.05) is 0 Å². The minimum absolute atomic E-state index is 0.113. The van der Waals surface area contributed by atoms with Gasteiger partial charge in [-0.3, -0.25) is 4.79 Å². The van der Waals surface area contributed by atoms with Gasteiger partial charge in [-0.05, 0) is 54.5 Å². The molecule has 2 aromatic carbocycles. The molecule has 0 aliphatic heterocycles. The van der Waals surface area contributed by atoms with Crippen LogP contribution in [0.25, 0.3) is 0 Å². The van der Waals surface area contributed by atoms with E-state index >= 15 is 0 Å². The van der Waals surface area contributed by atoms with Crippen LogP contribution in [-0.4, -0.2) is 5.91 Å². The third-order valence-corrected chi connectivity index (χ3v) is 4.47. The van der Waals surface area contributed by atoms with Crippen LogP contribution in [0.3, 0.4) is 0 Å². The van der Waals surface area contributed by atoms with Gasteiger partial charge in [-0.1, -0.05) is 48.0 Å². The number of nitrogens with one attached hydrogen (secondary N) is 1. The van der Waals surface area contributed by atoms with Crippen LogP contribution in [0.1, 0.15) is 42.0 Å². The van der Waals surface area contributed by atoms with Crippen molar-refractivity contribution in [3.63, 3.8) is 0 Å². The predicted molar refractivity (Wildman–Crippen MR) is 90.0 cm³/mol. The molecule has 0 radical (unpaired) electrons. The molecule has 0 aromatic heterocycles. The van der Waals surface area contributed by atoms with E-state index in [0.717, 1.165) is 36.3 Å². The fourth-order valence-electron chi connectivity index (χ4n) is 3.12. The van der Waals surface area contributed by atoms with Gasteiger partial charge in [-0.25, -0.2) is 0 Å². The van der Waals surface area contributed by atoms with Crippen molar-refractivity contribution in [2.24, 2.45) is 0 Å². The fourth-order valence-corrected chi connectivity index (χ4v) is 3.33. The molecular formula is C19H20ClNO. The van der Waals surface area contributed by atoms with Gasteiger partial charge in [-0.15, -0.1) is 0 Å². The van der Waals surface area contributed by atoms with Crippen LogP contribution in [0.15, 0.2) is 48.5 Å². The average Bonchev–Trinajstić information content (AvgIpc) is 2.53. The van der Waals surface area contributed by atoms with Gasteiger partial charge in [0, 0.05) is 11.4 Å². The van der Waals surface area contributed by atoms with Gasteiger partial charge in [-0.2, -0.15) is 0 Å². The molecule has 0 bridgehead atoms. The Bertz CT molecular complexity index is 668. The smallest absolute Gasteiger partial charge is 0.220 e. The summed E-state index contributed by atoms with van der Waals surface area (Å²) in [6.07, 6.45) is 4.50. The van der Waals surface area contributed by atoms with Gasteiger partial charge < -0.3 is 5.32 Å². The summed E-state index contributed by atoms with van der Waals surface area (Å²) in [6, 6.07) is 16.3. The maximum atomic E-state index is 12.2. The largest absolute Gasteiger partial charge is 0.349 e. The Labute approximate surface area is 136 Å². The van der Waals surface area contributed by atoms with Gasteiger partial charge in [0.05, 0.1) is 6.04 Å². The number of fused-ring (bicyclic) bond motifs is 1. The lowest BCUT2D eigenvalue weighted by Crippen LogP contribution is -2.31. The van der Waals surface area contributed by atoms with E-state index in [1.807, 2.05) is 24.3 Å². The van der Waals surface area contributed by atoms with E-state index in [-0.39, 0.29) is 11.9 Å². The summed E-state index contributed by atoms with van der Waals surface area (Å²) in [6.45, 7) is 0. The average molecular weight is 314 g/mol. The standard InChI is InChI=1S/C19H20ClNO/c20-16-8-3-5-14(13-16)11-12-19(22)21-18-10-4-7-15-6-1-2-9-17(15)18/h1-3,5-6,8-9,13,18H,4,7,10-12H2,(H,21,22). The maximum absolute atomic E-state index is 12.2. The van der Waals surface area contributed by atoms with Crippen molar-refractivity contribution in [1.29, 1.82) is 0 Å². The van der Waals surface area contributed by atoms with Crippen molar-refractivity contribution in [2.45, 2.75) is 38.1 Å². The monoisotopic (exact) mass is 313 g/mol. The summed E-state index contributed by atoms with van der Waals surface area (Å²) in [7, 11) is 0. The summed E-state index contributed by atoms with van der Waals surface area (Å²) >= 11 is 5.97. The highest BCUT2D eigenvalue weighted by molar-refractivity contribution is 6.30. The number of aryl methyl sites for hydroxylation is 2. The number of rotatable bonds is 4. The number of benzene rings is 2. The topological polar surface area (TPSA) is 29.1 Å². The number of amides is 1. The molecule has 1 unspecified atom stereocenters. The molecule has 0 spiro atoms. The molecule has 0 fully saturated rings. The van der Waals surface area contributed by atoms with Gasteiger partial charge in [0.2, 0.25) is 5.91 Å². The zero-order valence-electron chi connectivity index (χ0n) is 12.5. The van der Waals surface area contributed by atoms with E-state index in [0.29, 0.717) is 6.42 Å². The molecule has 22 heavy (non-hydrogen) atoms. The Morgan fingerprint density at radius 2 is 2.05 bits per heavy atom. The first-order valence-corrected chi connectivity index (χ1v) is 8.22. The Balaban J connectivity index is 1.59. The number of halogens is 1. The van der Waals surface area contributed by atoms with Crippen LogP contribution >= 0.6 is 11.6 Å². The van der Waals surface area contributed by atoms with Crippen molar-refractivity contribution in [3.05, 3.63) is 70.2 Å². The van der Waals surface area contributed by atoms with Crippen LogP contribution in [-0.2, 0) is 17.6 Å². The lowest BCUT2D eigenvalue weighted by molar-refractivity contribution is -0.121. The Morgan fingerprint density at radius 3 is 2.91 bits per heavy atom. The highest BCUT2D eigenvalue weighted by Crippen LogP contribution is 2.29. The Morgan fingerprint density at radius 1 is 1.18 bits per heavy atom. The van der Waals surface area contributed by atoms with E-state index in [1.54, 1.807) is 0 Å². The molecule has 1 N–H and O–H groups in total. The summed E-state index contributed by atoms with van der Waals surface area (Å²) in [5, 5.41) is 3.91. The summed E-state index contributed by atoms with van der Waals surface area (Å²) in [4.78, 5) is 12.2. The number of carbonyl (C=O) groups excluding carboxylic acids is 1. The minimum Gasteiger partial charge on any atom is -0.349 e. The minimum atomic E-state index is 0.113. The fraction of sp³-hybridized carbons (Fsp3) is 0.316. The predicted octanol–water partition coefficient (Wildman–Crippen LogP) is 4.47. The first-order valence-electron chi connectivity index (χ1n) is 7.84. The van der Waals surface area contributed by atoms with E-state index in [2.05, 4.69) is 29.6 Å². The quantitative estimate of drug-likeness (QED) is 0.886. The molecule has 0 saturated heterocycles. The van der Waals surface area contributed by atoms with Crippen LogP contribution in [0, 0.1) is 0 Å². The zero-order valence-corrected chi connectivity index (χ0v) is 13.3. The lowest BCUT2D eigenvalue weighted by Gasteiger charge is -2.26. The van der Waals surface area contributed by atoms with Gasteiger partial charge in [0.25, 0.3) is 0 Å². The van der Waals surface area contributed by atoms with E-state index in [4.69, 9.17) is 11.6 Å². The summed E-state index contributed by atoms with van der Waals surface area (Å²) in [5.41, 5.74) is 3.76. The Hall–Kier alpha value is -1.80. The molecule has 114 valence electrons. The summed E-state index contributed by atoms with van der Waals surface area (Å²) < 4.78 is 0. The third kappa shape index (κ3) is 3.69. The van der Waals surface area contributed by atoms with Gasteiger partial charge in [0.15, 0.2) is 0 Å². The summed E-state index contributed by atoms with van der Waals surface area (Å²) in [5.74, 6) is 0.113. The molecule has 3 rings (SSSR count). The second kappa shape index (κ2) is 6.97. The zero-order chi connectivity index (χ0) is 15.4. The molecule has 1 aliphatic carbocycles. The number of carbonyl (C=O) groups is 1.